The van der Waals surface area contributed by atoms with E-state index in [4.69, 9.17) is 0 Å². The molecule has 0 unspecified atom stereocenters. The molecule has 0 atom stereocenters. The van der Waals surface area contributed by atoms with Gasteiger partial charge in [-0.1, -0.05) is 13.8 Å². The molecule has 0 heterocycles. The van der Waals surface area contributed by atoms with Crippen molar-refractivity contribution in [3.8, 4) is 0 Å². The number of hydrogen-bond acceptors (Lipinski definition) is 2. The monoisotopic (exact) mass is 358 g/mol. The average molecular weight is 358 g/mol. The Hall–Kier alpha value is -2.25. The Morgan fingerprint density at radius 3 is 2.52 bits per heavy atom. The van der Waals surface area contributed by atoms with E-state index in [0.717, 1.165) is 25.0 Å². The molecule has 1 rings (SSSR count). The topological polar surface area (TPSA) is 65.5 Å². The Morgan fingerprint density at radius 1 is 1.16 bits per heavy atom. The molecule has 0 fully saturated rings. The fraction of sp³-hybridized carbons (Fsp3) is 0.529. The van der Waals surface area contributed by atoms with Crippen molar-refractivity contribution >= 4 is 17.6 Å². The third-order valence-corrected chi connectivity index (χ3v) is 3.28. The Labute approximate surface area is 146 Å². The van der Waals surface area contributed by atoms with Gasteiger partial charge in [0.2, 0.25) is 5.91 Å². The number of guanidine groups is 1. The number of amides is 1. The number of carbonyl (C=O) groups excluding carboxylic acids is 1. The number of halogens is 3. The summed E-state index contributed by atoms with van der Waals surface area (Å²) < 4.78 is 39.5. The van der Waals surface area contributed by atoms with Crippen LogP contribution in [0.4, 0.5) is 18.9 Å². The van der Waals surface area contributed by atoms with Crippen molar-refractivity contribution < 1.29 is 18.0 Å². The van der Waals surface area contributed by atoms with E-state index in [1.807, 2.05) is 6.92 Å². The minimum absolute atomic E-state index is 0.280. The molecule has 0 aliphatic rings. The summed E-state index contributed by atoms with van der Waals surface area (Å²) in [5.41, 5.74) is -0.422. The third-order valence-electron chi connectivity index (χ3n) is 3.28. The summed E-state index contributed by atoms with van der Waals surface area (Å²) in [7, 11) is 0. The van der Waals surface area contributed by atoms with Gasteiger partial charge >= 0.3 is 0 Å². The quantitative estimate of drug-likeness (QED) is 0.290. The Balaban J connectivity index is 2.57. The van der Waals surface area contributed by atoms with Gasteiger partial charge in [-0.2, -0.15) is 0 Å². The van der Waals surface area contributed by atoms with Gasteiger partial charge in [0.15, 0.2) is 23.4 Å². The highest BCUT2D eigenvalue weighted by Gasteiger charge is 2.15. The first kappa shape index (κ1) is 20.8. The van der Waals surface area contributed by atoms with Crippen LogP contribution in [0.15, 0.2) is 17.1 Å². The molecule has 0 aromatic heterocycles. The summed E-state index contributed by atoms with van der Waals surface area (Å²) in [5, 5.41) is 8.27. The fourth-order valence-electron chi connectivity index (χ4n) is 2.02. The molecule has 0 radical (unpaired) electrons. The smallest absolute Gasteiger partial charge is 0.246 e. The van der Waals surface area contributed by atoms with Crippen LogP contribution in [0.2, 0.25) is 0 Å². The maximum absolute atomic E-state index is 13.5. The molecular formula is C17H25F3N4O. The predicted octanol–water partition coefficient (Wildman–Crippen LogP) is 3.03. The highest BCUT2D eigenvalue weighted by Crippen LogP contribution is 2.19. The lowest BCUT2D eigenvalue weighted by molar-refractivity contribution is -0.114. The van der Waals surface area contributed by atoms with Gasteiger partial charge in [-0.15, -0.1) is 0 Å². The van der Waals surface area contributed by atoms with E-state index in [9.17, 15) is 18.0 Å². The Morgan fingerprint density at radius 2 is 1.88 bits per heavy atom. The first-order chi connectivity index (χ1) is 11.8. The van der Waals surface area contributed by atoms with Gasteiger partial charge in [-0.25, -0.2) is 18.2 Å². The Kier molecular flexibility index (Phi) is 8.80. The van der Waals surface area contributed by atoms with E-state index >= 15 is 0 Å². The maximum Gasteiger partial charge on any atom is 0.246 e. The molecule has 1 aromatic carbocycles. The molecule has 25 heavy (non-hydrogen) atoms. The number of nitrogens with zero attached hydrogens (tertiary/aromatic N) is 1. The molecule has 0 bridgehead atoms. The number of anilines is 1. The van der Waals surface area contributed by atoms with Crippen LogP contribution >= 0.6 is 0 Å². The zero-order valence-corrected chi connectivity index (χ0v) is 14.8. The average Bonchev–Trinajstić information content (AvgIpc) is 2.56. The van der Waals surface area contributed by atoms with Gasteiger partial charge in [0, 0.05) is 13.1 Å². The lowest BCUT2D eigenvalue weighted by Crippen LogP contribution is -2.38. The SMILES string of the molecule is CCNC(=NCC(=O)Nc1ccc(F)c(F)c1F)NCCCC(C)C. The van der Waals surface area contributed by atoms with Gasteiger partial charge < -0.3 is 16.0 Å². The summed E-state index contributed by atoms with van der Waals surface area (Å²) in [5.74, 6) is -3.93. The molecule has 0 saturated carbocycles. The van der Waals surface area contributed by atoms with Gasteiger partial charge in [0.25, 0.3) is 0 Å². The molecule has 3 N–H and O–H groups in total. The Bertz CT molecular complexity index is 606. The van der Waals surface area contributed by atoms with Crippen LogP contribution in [0.25, 0.3) is 0 Å². The maximum atomic E-state index is 13.5. The minimum Gasteiger partial charge on any atom is -0.357 e. The lowest BCUT2D eigenvalue weighted by atomic mass is 10.1. The molecule has 0 saturated heterocycles. The summed E-state index contributed by atoms with van der Waals surface area (Å²) >= 11 is 0. The van der Waals surface area contributed by atoms with E-state index < -0.39 is 29.0 Å². The zero-order chi connectivity index (χ0) is 18.8. The van der Waals surface area contributed by atoms with Crippen molar-refractivity contribution in [2.24, 2.45) is 10.9 Å². The molecule has 1 amide bonds. The summed E-state index contributed by atoms with van der Waals surface area (Å²) in [4.78, 5) is 15.9. The largest absolute Gasteiger partial charge is 0.357 e. The van der Waals surface area contributed by atoms with E-state index in [0.29, 0.717) is 25.0 Å². The fourth-order valence-corrected chi connectivity index (χ4v) is 2.02. The number of hydrogen-bond donors (Lipinski definition) is 3. The first-order valence-electron chi connectivity index (χ1n) is 8.30. The van der Waals surface area contributed by atoms with Crippen LogP contribution in [-0.2, 0) is 4.79 Å². The first-order valence-corrected chi connectivity index (χ1v) is 8.30. The normalized spacial score (nSPS) is 11.6. The summed E-state index contributed by atoms with van der Waals surface area (Å²) in [6, 6.07) is 1.71. The highest BCUT2D eigenvalue weighted by molar-refractivity contribution is 5.94. The molecule has 140 valence electrons. The van der Waals surface area contributed by atoms with Crippen LogP contribution in [0.5, 0.6) is 0 Å². The summed E-state index contributed by atoms with van der Waals surface area (Å²) in [6.45, 7) is 7.22. The van der Waals surface area contributed by atoms with Gasteiger partial charge in [-0.05, 0) is 37.8 Å². The number of nitrogens with one attached hydrogen (secondary N) is 3. The standard InChI is InChI=1S/C17H25F3N4O/c1-4-21-17(22-9-5-6-11(2)3)23-10-14(25)24-13-8-7-12(18)15(19)16(13)20/h7-8,11H,4-6,9-10H2,1-3H3,(H,24,25)(H2,21,22,23). The van der Waals surface area contributed by atoms with Crippen LogP contribution in [0.1, 0.15) is 33.6 Å². The van der Waals surface area contributed by atoms with Crippen molar-refractivity contribution in [1.29, 1.82) is 0 Å². The van der Waals surface area contributed by atoms with Gasteiger partial charge in [0.05, 0.1) is 5.69 Å². The third kappa shape index (κ3) is 7.45. The van der Waals surface area contributed by atoms with Crippen LogP contribution in [0, 0.1) is 23.4 Å². The second-order valence-corrected chi connectivity index (χ2v) is 5.93. The molecule has 1 aromatic rings. The van der Waals surface area contributed by atoms with Crippen molar-refractivity contribution in [2.45, 2.75) is 33.6 Å². The van der Waals surface area contributed by atoms with Crippen molar-refractivity contribution in [2.75, 3.05) is 25.0 Å². The lowest BCUT2D eigenvalue weighted by Gasteiger charge is -2.12. The number of aliphatic imine (C=N–C) groups is 1. The van der Waals surface area contributed by atoms with Crippen LogP contribution in [0.3, 0.4) is 0 Å². The summed E-state index contributed by atoms with van der Waals surface area (Å²) in [6.07, 6.45) is 2.04. The zero-order valence-electron chi connectivity index (χ0n) is 14.8. The molecular weight excluding hydrogens is 333 g/mol. The van der Waals surface area contributed by atoms with Crippen molar-refractivity contribution in [1.82, 2.24) is 10.6 Å². The second-order valence-electron chi connectivity index (χ2n) is 5.93. The van der Waals surface area contributed by atoms with E-state index in [1.165, 1.54) is 0 Å². The van der Waals surface area contributed by atoms with E-state index in [1.54, 1.807) is 0 Å². The van der Waals surface area contributed by atoms with E-state index in [2.05, 4.69) is 34.8 Å². The molecule has 0 aliphatic heterocycles. The van der Waals surface area contributed by atoms with Crippen molar-refractivity contribution in [3.63, 3.8) is 0 Å². The predicted molar refractivity (Wildman–Crippen MR) is 93.0 cm³/mol. The minimum atomic E-state index is -1.62. The highest BCUT2D eigenvalue weighted by atomic mass is 19.2. The van der Waals surface area contributed by atoms with Gasteiger partial charge in [-0.3, -0.25) is 4.79 Å². The second kappa shape index (κ2) is 10.6. The number of benzene rings is 1. The van der Waals surface area contributed by atoms with Crippen LogP contribution in [-0.4, -0.2) is 31.5 Å². The molecule has 5 nitrogen and oxygen atoms in total. The number of rotatable bonds is 8. The van der Waals surface area contributed by atoms with Crippen LogP contribution < -0.4 is 16.0 Å². The van der Waals surface area contributed by atoms with E-state index in [-0.39, 0.29) is 6.54 Å². The molecule has 0 aliphatic carbocycles. The van der Waals surface area contributed by atoms with Crippen molar-refractivity contribution in [3.05, 3.63) is 29.6 Å². The van der Waals surface area contributed by atoms with Gasteiger partial charge in [0.1, 0.15) is 6.54 Å². The number of carbonyl (C=O) groups is 1. The molecule has 8 heteroatoms. The molecule has 0 spiro atoms.